The van der Waals surface area contributed by atoms with E-state index in [1.54, 1.807) is 41.3 Å². The topological polar surface area (TPSA) is 163 Å². The number of likely N-dealkylation sites (tertiary alicyclic amines) is 1. The maximum absolute atomic E-state index is 13.6. The molecule has 1 aliphatic rings. The van der Waals surface area contributed by atoms with Gasteiger partial charge in [0.05, 0.1) is 18.6 Å². The molecule has 4 atom stereocenters. The maximum atomic E-state index is 13.6. The SMILES string of the molecule is C=CC[C@@H](CC(=O)N1CCC[C@H]1CO)C(=O)N[C@@H](COC(=O)[C@@H](CC=C)NC(=O)OCc1ccccc1)C(=O)Nc1ccc2ccccc2c1. The van der Waals surface area contributed by atoms with Gasteiger partial charge in [-0.2, -0.15) is 0 Å². The number of esters is 1. The van der Waals surface area contributed by atoms with E-state index in [4.69, 9.17) is 9.47 Å². The molecule has 1 saturated heterocycles. The van der Waals surface area contributed by atoms with Crippen LogP contribution < -0.4 is 16.0 Å². The fourth-order valence-corrected chi connectivity index (χ4v) is 5.69. The number of allylic oxidation sites excluding steroid dienone is 1. The molecule has 0 radical (unpaired) electrons. The number of hydrogen-bond donors (Lipinski definition) is 4. The molecule has 12 nitrogen and oxygen atoms in total. The lowest BCUT2D eigenvalue weighted by molar-refractivity contribution is -0.148. The van der Waals surface area contributed by atoms with Crippen LogP contribution in [0.5, 0.6) is 0 Å². The third kappa shape index (κ3) is 10.8. The Bertz CT molecular complexity index is 1660. The number of rotatable bonds is 17. The van der Waals surface area contributed by atoms with Crippen LogP contribution in [0, 0.1) is 5.92 Å². The molecule has 50 heavy (non-hydrogen) atoms. The van der Waals surface area contributed by atoms with Crippen LogP contribution in [0.3, 0.4) is 0 Å². The monoisotopic (exact) mass is 684 g/mol. The van der Waals surface area contributed by atoms with Crippen molar-refractivity contribution in [1.82, 2.24) is 15.5 Å². The molecule has 264 valence electrons. The van der Waals surface area contributed by atoms with E-state index in [2.05, 4.69) is 29.1 Å². The largest absolute Gasteiger partial charge is 0.461 e. The van der Waals surface area contributed by atoms with Gasteiger partial charge in [0.15, 0.2) is 0 Å². The zero-order valence-corrected chi connectivity index (χ0v) is 27.9. The molecule has 0 aliphatic carbocycles. The first-order chi connectivity index (χ1) is 24.2. The summed E-state index contributed by atoms with van der Waals surface area (Å²) >= 11 is 0. The van der Waals surface area contributed by atoms with Gasteiger partial charge >= 0.3 is 12.1 Å². The van der Waals surface area contributed by atoms with E-state index >= 15 is 0 Å². The Labute approximate surface area is 291 Å². The van der Waals surface area contributed by atoms with Crippen LogP contribution in [0.1, 0.15) is 37.7 Å². The van der Waals surface area contributed by atoms with E-state index in [0.29, 0.717) is 18.7 Å². The van der Waals surface area contributed by atoms with Gasteiger partial charge in [-0.1, -0.05) is 72.8 Å². The van der Waals surface area contributed by atoms with E-state index in [9.17, 15) is 29.1 Å². The zero-order valence-electron chi connectivity index (χ0n) is 27.9. The molecule has 3 aromatic rings. The standard InChI is InChI=1S/C38H44N4O8/c1-3-11-29(22-34(44)42-20-10-17-31(42)23-43)35(45)40-33(36(46)39-30-19-18-27-15-8-9-16-28(27)21-30)25-49-37(47)32(12-4-2)41-38(48)50-24-26-13-6-5-7-14-26/h3-9,13-16,18-19,21,29,31-33,43H,1-2,10-12,17,20,22-25H2,(H,39,46)(H,40,45)(H,41,48)/t29-,31-,32+,33-/m0/s1. The smallest absolute Gasteiger partial charge is 0.408 e. The first kappa shape index (κ1) is 37.3. The third-order valence-electron chi connectivity index (χ3n) is 8.39. The van der Waals surface area contributed by atoms with Crippen LogP contribution >= 0.6 is 0 Å². The van der Waals surface area contributed by atoms with Crippen molar-refractivity contribution in [3.63, 3.8) is 0 Å². The fourth-order valence-electron chi connectivity index (χ4n) is 5.69. The first-order valence-electron chi connectivity index (χ1n) is 16.6. The zero-order chi connectivity index (χ0) is 35.9. The average Bonchev–Trinajstić information content (AvgIpc) is 3.61. The molecule has 1 aliphatic heterocycles. The summed E-state index contributed by atoms with van der Waals surface area (Å²) in [5.41, 5.74) is 1.21. The number of alkyl carbamates (subject to hydrolysis) is 1. The molecule has 1 heterocycles. The summed E-state index contributed by atoms with van der Waals surface area (Å²) in [6.07, 6.45) is 3.50. The van der Waals surface area contributed by atoms with E-state index in [0.717, 1.165) is 22.8 Å². The number of aliphatic hydroxyl groups excluding tert-OH is 1. The first-order valence-corrected chi connectivity index (χ1v) is 16.6. The number of aliphatic hydroxyl groups is 1. The second-order valence-corrected chi connectivity index (χ2v) is 12.0. The number of ether oxygens (including phenoxy) is 2. The summed E-state index contributed by atoms with van der Waals surface area (Å²) in [7, 11) is 0. The van der Waals surface area contributed by atoms with Crippen LogP contribution in [0.4, 0.5) is 10.5 Å². The molecule has 4 amide bonds. The van der Waals surface area contributed by atoms with Gasteiger partial charge in [-0.25, -0.2) is 9.59 Å². The predicted molar refractivity (Wildman–Crippen MR) is 189 cm³/mol. The van der Waals surface area contributed by atoms with Crippen LogP contribution in [-0.4, -0.2) is 77.7 Å². The molecule has 4 N–H and O–H groups in total. The summed E-state index contributed by atoms with van der Waals surface area (Å²) in [5, 5.41) is 19.4. The lowest BCUT2D eigenvalue weighted by atomic mass is 9.98. The molecule has 0 spiro atoms. The number of carbonyl (C=O) groups excluding carboxylic acids is 5. The molecule has 4 rings (SSSR count). The Morgan fingerprint density at radius 2 is 1.58 bits per heavy atom. The highest BCUT2D eigenvalue weighted by molar-refractivity contribution is 6.00. The van der Waals surface area contributed by atoms with Gasteiger partial charge in [-0.15, -0.1) is 13.2 Å². The Morgan fingerprint density at radius 3 is 2.30 bits per heavy atom. The molecule has 0 unspecified atom stereocenters. The van der Waals surface area contributed by atoms with Gasteiger partial charge in [-0.05, 0) is 54.2 Å². The minimum atomic E-state index is -1.37. The van der Waals surface area contributed by atoms with Gasteiger partial charge in [0.2, 0.25) is 11.8 Å². The van der Waals surface area contributed by atoms with Gasteiger partial charge in [0, 0.05) is 18.7 Å². The quantitative estimate of drug-likeness (QED) is 0.121. The average molecular weight is 685 g/mol. The van der Waals surface area contributed by atoms with Crippen molar-refractivity contribution in [3.05, 3.63) is 104 Å². The van der Waals surface area contributed by atoms with Crippen molar-refractivity contribution in [3.8, 4) is 0 Å². The van der Waals surface area contributed by atoms with Crippen LogP contribution in [0.2, 0.25) is 0 Å². The molecule has 0 aromatic heterocycles. The Balaban J connectivity index is 1.46. The maximum Gasteiger partial charge on any atom is 0.408 e. The highest BCUT2D eigenvalue weighted by Crippen LogP contribution is 2.22. The van der Waals surface area contributed by atoms with Crippen molar-refractivity contribution in [2.24, 2.45) is 5.92 Å². The fraction of sp³-hybridized carbons (Fsp3) is 0.342. The number of amides is 4. The number of anilines is 1. The Morgan fingerprint density at radius 1 is 0.860 bits per heavy atom. The molecule has 3 aromatic carbocycles. The second kappa shape index (κ2) is 18.9. The Kier molecular flexibility index (Phi) is 14.1. The normalized spacial score (nSPS) is 15.6. The van der Waals surface area contributed by atoms with Gasteiger partial charge in [0.1, 0.15) is 25.3 Å². The molecular formula is C38H44N4O8. The van der Waals surface area contributed by atoms with Gasteiger partial charge in [-0.3, -0.25) is 14.4 Å². The third-order valence-corrected chi connectivity index (χ3v) is 8.39. The predicted octanol–water partition coefficient (Wildman–Crippen LogP) is 4.24. The van der Waals surface area contributed by atoms with E-state index < -0.39 is 48.5 Å². The molecular weight excluding hydrogens is 640 g/mol. The minimum absolute atomic E-state index is 0.00837. The van der Waals surface area contributed by atoms with Gasteiger partial charge in [0.25, 0.3) is 5.91 Å². The number of carbonyl (C=O) groups is 5. The lowest BCUT2D eigenvalue weighted by Gasteiger charge is -2.26. The molecule has 0 bridgehead atoms. The van der Waals surface area contributed by atoms with Crippen molar-refractivity contribution in [2.45, 2.75) is 56.8 Å². The van der Waals surface area contributed by atoms with E-state index in [1.165, 1.54) is 12.2 Å². The van der Waals surface area contributed by atoms with Crippen molar-refractivity contribution < 1.29 is 38.6 Å². The number of nitrogens with zero attached hydrogens (tertiary/aromatic N) is 1. The summed E-state index contributed by atoms with van der Waals surface area (Å²) in [4.78, 5) is 67.6. The summed E-state index contributed by atoms with van der Waals surface area (Å²) < 4.78 is 10.7. The second-order valence-electron chi connectivity index (χ2n) is 12.0. The van der Waals surface area contributed by atoms with Crippen LogP contribution in [-0.2, 0) is 35.3 Å². The summed E-state index contributed by atoms with van der Waals surface area (Å²) in [6, 6.07) is 19.1. The Hall–Kier alpha value is -5.49. The lowest BCUT2D eigenvalue weighted by Crippen LogP contribution is -2.51. The van der Waals surface area contributed by atoms with E-state index in [1.807, 2.05) is 36.4 Å². The van der Waals surface area contributed by atoms with Crippen molar-refractivity contribution in [1.29, 1.82) is 0 Å². The van der Waals surface area contributed by atoms with Gasteiger partial charge < -0.3 is 35.4 Å². The van der Waals surface area contributed by atoms with Crippen LogP contribution in [0.25, 0.3) is 10.8 Å². The van der Waals surface area contributed by atoms with E-state index in [-0.39, 0.29) is 44.4 Å². The van der Waals surface area contributed by atoms with Crippen molar-refractivity contribution in [2.75, 3.05) is 25.1 Å². The molecule has 12 heteroatoms. The number of nitrogens with one attached hydrogen (secondary N) is 3. The number of hydrogen-bond acceptors (Lipinski definition) is 8. The summed E-state index contributed by atoms with van der Waals surface area (Å²) in [6.45, 7) is 7.08. The number of fused-ring (bicyclic) bond motifs is 1. The van der Waals surface area contributed by atoms with Crippen LogP contribution in [0.15, 0.2) is 98.1 Å². The summed E-state index contributed by atoms with van der Waals surface area (Å²) in [5.74, 6) is -3.31. The molecule has 0 saturated carbocycles. The highest BCUT2D eigenvalue weighted by Gasteiger charge is 2.33. The van der Waals surface area contributed by atoms with Crippen molar-refractivity contribution >= 4 is 46.2 Å². The molecule has 1 fully saturated rings. The minimum Gasteiger partial charge on any atom is -0.461 e. The number of benzene rings is 3. The highest BCUT2D eigenvalue weighted by atomic mass is 16.6.